The Hall–Kier alpha value is -1.75. The van der Waals surface area contributed by atoms with Crippen LogP contribution in [0.3, 0.4) is 0 Å². The van der Waals surface area contributed by atoms with Crippen LogP contribution in [0.1, 0.15) is 30.6 Å². The van der Waals surface area contributed by atoms with Gasteiger partial charge in [-0.05, 0) is 44.3 Å². The molecule has 0 unspecified atom stereocenters. The Labute approximate surface area is 113 Å². The van der Waals surface area contributed by atoms with Gasteiger partial charge in [-0.2, -0.15) is 0 Å². The molecule has 3 N–H and O–H groups in total. The van der Waals surface area contributed by atoms with Gasteiger partial charge in [-0.3, -0.25) is 4.79 Å². The first-order valence-corrected chi connectivity index (χ1v) is 6.61. The normalized spacial score (nSPS) is 10.7. The van der Waals surface area contributed by atoms with Crippen molar-refractivity contribution in [1.29, 1.82) is 0 Å². The fourth-order valence-corrected chi connectivity index (χ4v) is 1.85. The quantitative estimate of drug-likeness (QED) is 0.517. The van der Waals surface area contributed by atoms with Crippen molar-refractivity contribution in [2.75, 3.05) is 26.2 Å². The summed E-state index contributed by atoms with van der Waals surface area (Å²) in [6.07, 6.45) is 0.854. The average molecular weight is 266 g/mol. The Morgan fingerprint density at radius 2 is 1.95 bits per heavy atom. The number of carbonyl (C=O) groups excluding carboxylic acids is 1. The molecule has 0 spiro atoms. The summed E-state index contributed by atoms with van der Waals surface area (Å²) in [6.45, 7) is 7.68. The molecule has 5 heteroatoms. The zero-order valence-electron chi connectivity index (χ0n) is 11.5. The highest BCUT2D eigenvalue weighted by Gasteiger charge is 2.11. The van der Waals surface area contributed by atoms with E-state index >= 15 is 0 Å². The Morgan fingerprint density at radius 3 is 2.58 bits per heavy atom. The van der Waals surface area contributed by atoms with Crippen LogP contribution in [0.15, 0.2) is 18.2 Å². The Kier molecular flexibility index (Phi) is 6.15. The second-order valence-corrected chi connectivity index (χ2v) is 4.34. The number of nitrogens with zero attached hydrogens (tertiary/aromatic N) is 1. The van der Waals surface area contributed by atoms with E-state index in [2.05, 4.69) is 24.1 Å². The minimum Gasteiger partial charge on any atom is -0.508 e. The molecule has 5 nitrogen and oxygen atoms in total. The molecule has 0 aromatic heterocycles. The summed E-state index contributed by atoms with van der Waals surface area (Å²) in [5, 5.41) is 21.6. The lowest BCUT2D eigenvalue weighted by Crippen LogP contribution is -2.29. The second kappa shape index (κ2) is 7.63. The summed E-state index contributed by atoms with van der Waals surface area (Å²) in [6, 6.07) is 3.90. The van der Waals surface area contributed by atoms with E-state index in [1.807, 2.05) is 0 Å². The Bertz CT molecular complexity index is 417. The maximum atomic E-state index is 11.8. The number of hydrogen-bond acceptors (Lipinski definition) is 4. The van der Waals surface area contributed by atoms with E-state index in [9.17, 15) is 15.0 Å². The van der Waals surface area contributed by atoms with Crippen LogP contribution in [0.4, 0.5) is 0 Å². The molecule has 0 aliphatic rings. The van der Waals surface area contributed by atoms with Gasteiger partial charge in [-0.25, -0.2) is 0 Å². The molecule has 0 aliphatic heterocycles. The number of phenolic OH excluding ortho intramolecular Hbond substituents is 2. The van der Waals surface area contributed by atoms with E-state index in [0.717, 1.165) is 26.1 Å². The minimum atomic E-state index is -0.368. The van der Waals surface area contributed by atoms with Crippen molar-refractivity contribution in [3.8, 4) is 11.5 Å². The molecule has 1 aromatic rings. The highest BCUT2D eigenvalue weighted by Crippen LogP contribution is 2.21. The van der Waals surface area contributed by atoms with Gasteiger partial charge in [0, 0.05) is 6.54 Å². The summed E-state index contributed by atoms with van der Waals surface area (Å²) in [5.41, 5.74) is 0.0999. The zero-order chi connectivity index (χ0) is 14.3. The molecule has 0 aliphatic carbocycles. The molecule has 0 heterocycles. The number of nitrogens with one attached hydrogen (secondary N) is 1. The summed E-state index contributed by atoms with van der Waals surface area (Å²) in [5.74, 6) is -0.530. The minimum absolute atomic E-state index is 0.0360. The number of amides is 1. The molecular formula is C14H22N2O3. The fourth-order valence-electron chi connectivity index (χ4n) is 1.85. The lowest BCUT2D eigenvalue weighted by Gasteiger charge is -2.17. The first kappa shape index (κ1) is 15.3. The van der Waals surface area contributed by atoms with Crippen molar-refractivity contribution in [2.45, 2.75) is 20.3 Å². The van der Waals surface area contributed by atoms with Crippen LogP contribution in [0.25, 0.3) is 0 Å². The smallest absolute Gasteiger partial charge is 0.255 e. The third-order valence-electron chi connectivity index (χ3n) is 3.06. The molecule has 0 bridgehead atoms. The summed E-state index contributed by atoms with van der Waals surface area (Å²) in [7, 11) is 0. The van der Waals surface area contributed by atoms with Crippen molar-refractivity contribution in [3.05, 3.63) is 23.8 Å². The summed E-state index contributed by atoms with van der Waals surface area (Å²) in [4.78, 5) is 14.1. The average Bonchev–Trinajstić information content (AvgIpc) is 2.41. The third kappa shape index (κ3) is 4.79. The maximum Gasteiger partial charge on any atom is 0.255 e. The highest BCUT2D eigenvalue weighted by molar-refractivity contribution is 5.97. The molecule has 0 radical (unpaired) electrons. The van der Waals surface area contributed by atoms with Gasteiger partial charge in [0.2, 0.25) is 0 Å². The number of aromatic hydroxyl groups is 2. The van der Waals surface area contributed by atoms with E-state index in [1.54, 1.807) is 0 Å². The molecule has 0 saturated carbocycles. The van der Waals surface area contributed by atoms with Gasteiger partial charge in [0.25, 0.3) is 5.91 Å². The molecule has 0 fully saturated rings. The standard InChI is InChI=1S/C14H22N2O3/c1-3-16(4-2)9-5-8-15-14(19)12-10-11(17)6-7-13(12)18/h6-7,10,17-18H,3-5,8-9H2,1-2H3,(H,15,19). The predicted molar refractivity (Wildman–Crippen MR) is 74.5 cm³/mol. The van der Waals surface area contributed by atoms with Crippen LogP contribution in [-0.4, -0.2) is 47.2 Å². The lowest BCUT2D eigenvalue weighted by atomic mass is 10.1. The van der Waals surface area contributed by atoms with Crippen molar-refractivity contribution in [1.82, 2.24) is 10.2 Å². The van der Waals surface area contributed by atoms with Crippen LogP contribution in [-0.2, 0) is 0 Å². The lowest BCUT2D eigenvalue weighted by molar-refractivity contribution is 0.0948. The Balaban J connectivity index is 2.41. The van der Waals surface area contributed by atoms with Gasteiger partial charge >= 0.3 is 0 Å². The summed E-state index contributed by atoms with van der Waals surface area (Å²) < 4.78 is 0. The van der Waals surface area contributed by atoms with Crippen molar-refractivity contribution >= 4 is 5.91 Å². The maximum absolute atomic E-state index is 11.8. The second-order valence-electron chi connectivity index (χ2n) is 4.34. The van der Waals surface area contributed by atoms with Crippen molar-refractivity contribution in [2.24, 2.45) is 0 Å². The predicted octanol–water partition coefficient (Wildman–Crippen LogP) is 1.56. The number of carbonyl (C=O) groups is 1. The van der Waals surface area contributed by atoms with E-state index in [-0.39, 0.29) is 23.0 Å². The number of hydrogen-bond donors (Lipinski definition) is 3. The first-order chi connectivity index (χ1) is 9.08. The summed E-state index contributed by atoms with van der Waals surface area (Å²) >= 11 is 0. The van der Waals surface area contributed by atoms with Crippen molar-refractivity contribution in [3.63, 3.8) is 0 Å². The molecule has 0 atom stereocenters. The van der Waals surface area contributed by atoms with Crippen LogP contribution < -0.4 is 5.32 Å². The molecule has 106 valence electrons. The van der Waals surface area contributed by atoms with Gasteiger partial charge in [0.15, 0.2) is 0 Å². The molecule has 19 heavy (non-hydrogen) atoms. The molecular weight excluding hydrogens is 244 g/mol. The van der Waals surface area contributed by atoms with Gasteiger partial charge in [-0.15, -0.1) is 0 Å². The number of rotatable bonds is 7. The zero-order valence-corrected chi connectivity index (χ0v) is 11.5. The van der Waals surface area contributed by atoms with Crippen LogP contribution in [0.5, 0.6) is 11.5 Å². The van der Waals surface area contributed by atoms with Gasteiger partial charge < -0.3 is 20.4 Å². The van der Waals surface area contributed by atoms with Gasteiger partial charge in [-0.1, -0.05) is 13.8 Å². The highest BCUT2D eigenvalue weighted by atomic mass is 16.3. The van der Waals surface area contributed by atoms with E-state index in [0.29, 0.717) is 6.54 Å². The third-order valence-corrected chi connectivity index (χ3v) is 3.06. The largest absolute Gasteiger partial charge is 0.508 e. The van der Waals surface area contributed by atoms with Gasteiger partial charge in [0.05, 0.1) is 5.56 Å². The topological polar surface area (TPSA) is 72.8 Å². The van der Waals surface area contributed by atoms with Crippen LogP contribution >= 0.6 is 0 Å². The molecule has 1 amide bonds. The van der Waals surface area contributed by atoms with Crippen LogP contribution in [0, 0.1) is 0 Å². The first-order valence-electron chi connectivity index (χ1n) is 6.61. The SMILES string of the molecule is CCN(CC)CCCNC(=O)c1cc(O)ccc1O. The molecule has 0 saturated heterocycles. The fraction of sp³-hybridized carbons (Fsp3) is 0.500. The van der Waals surface area contributed by atoms with Gasteiger partial charge in [0.1, 0.15) is 11.5 Å². The number of benzene rings is 1. The van der Waals surface area contributed by atoms with E-state index in [4.69, 9.17) is 0 Å². The van der Waals surface area contributed by atoms with E-state index < -0.39 is 0 Å². The molecule has 1 aromatic carbocycles. The van der Waals surface area contributed by atoms with Crippen LogP contribution in [0.2, 0.25) is 0 Å². The Morgan fingerprint density at radius 1 is 1.26 bits per heavy atom. The monoisotopic (exact) mass is 266 g/mol. The number of phenols is 2. The van der Waals surface area contributed by atoms with Crippen molar-refractivity contribution < 1.29 is 15.0 Å². The molecule has 1 rings (SSSR count). The van der Waals surface area contributed by atoms with E-state index in [1.165, 1.54) is 18.2 Å².